The number of carbonyl (C=O) groups is 1. The largest absolute Gasteiger partial charge is 0.507 e. The van der Waals surface area contributed by atoms with Gasteiger partial charge in [0.1, 0.15) is 5.75 Å². The van der Waals surface area contributed by atoms with Gasteiger partial charge in [-0.05, 0) is 31.5 Å². The molecule has 0 heterocycles. The minimum absolute atomic E-state index is 0.145. The molecule has 0 saturated heterocycles. The van der Waals surface area contributed by atoms with E-state index in [1.807, 2.05) is 37.3 Å². The number of aromatic hydroxyl groups is 1. The van der Waals surface area contributed by atoms with E-state index in [0.717, 1.165) is 11.1 Å². The summed E-state index contributed by atoms with van der Waals surface area (Å²) in [7, 11) is 0. The van der Waals surface area contributed by atoms with E-state index < -0.39 is 0 Å². The van der Waals surface area contributed by atoms with E-state index in [-0.39, 0.29) is 18.1 Å². The number of rotatable bonds is 4. The van der Waals surface area contributed by atoms with Crippen LogP contribution in [-0.4, -0.2) is 16.7 Å². The van der Waals surface area contributed by atoms with Crippen LogP contribution in [0.5, 0.6) is 5.75 Å². The van der Waals surface area contributed by atoms with Crippen LogP contribution in [0.25, 0.3) is 0 Å². The van der Waals surface area contributed by atoms with Gasteiger partial charge in [-0.25, -0.2) is 5.43 Å². The first-order valence-electron chi connectivity index (χ1n) is 6.73. The molecule has 0 unspecified atom stereocenters. The maximum atomic E-state index is 11.8. The summed E-state index contributed by atoms with van der Waals surface area (Å²) < 4.78 is 0. The Morgan fingerprint density at radius 2 is 1.81 bits per heavy atom. The summed E-state index contributed by atoms with van der Waals surface area (Å²) in [5, 5.41) is 13.7. The van der Waals surface area contributed by atoms with E-state index in [0.29, 0.717) is 11.3 Å². The Hall–Kier alpha value is -2.62. The van der Waals surface area contributed by atoms with Crippen molar-refractivity contribution in [1.29, 1.82) is 0 Å². The van der Waals surface area contributed by atoms with E-state index in [2.05, 4.69) is 10.5 Å². The number of aryl methyl sites for hydroxylation is 1. The van der Waals surface area contributed by atoms with Crippen LogP contribution >= 0.6 is 0 Å². The van der Waals surface area contributed by atoms with Crippen LogP contribution in [0, 0.1) is 6.92 Å². The highest BCUT2D eigenvalue weighted by atomic mass is 16.3. The zero-order chi connectivity index (χ0) is 15.2. The molecule has 0 saturated carbocycles. The zero-order valence-electron chi connectivity index (χ0n) is 12.1. The molecular weight excluding hydrogens is 264 g/mol. The number of hydrogen-bond donors (Lipinski definition) is 2. The quantitative estimate of drug-likeness (QED) is 0.669. The molecule has 2 aromatic rings. The highest BCUT2D eigenvalue weighted by molar-refractivity contribution is 6.01. The van der Waals surface area contributed by atoms with Crippen LogP contribution in [0.4, 0.5) is 0 Å². The van der Waals surface area contributed by atoms with Crippen molar-refractivity contribution in [2.45, 2.75) is 20.3 Å². The lowest BCUT2D eigenvalue weighted by Gasteiger charge is -2.05. The molecule has 0 fully saturated rings. The molecule has 1 amide bonds. The van der Waals surface area contributed by atoms with E-state index in [9.17, 15) is 9.90 Å². The average molecular weight is 282 g/mol. The van der Waals surface area contributed by atoms with Crippen LogP contribution in [0.1, 0.15) is 23.6 Å². The summed E-state index contributed by atoms with van der Waals surface area (Å²) >= 11 is 0. The minimum atomic E-state index is -0.186. The molecule has 4 heteroatoms. The summed E-state index contributed by atoms with van der Waals surface area (Å²) in [6.45, 7) is 3.74. The van der Waals surface area contributed by atoms with Gasteiger partial charge in [-0.2, -0.15) is 5.10 Å². The number of para-hydroxylation sites is 1. The van der Waals surface area contributed by atoms with Crippen molar-refractivity contribution < 1.29 is 9.90 Å². The fourth-order valence-corrected chi connectivity index (χ4v) is 1.92. The molecule has 0 radical (unpaired) electrons. The van der Waals surface area contributed by atoms with Crippen molar-refractivity contribution in [2.24, 2.45) is 5.10 Å². The number of nitrogens with one attached hydrogen (secondary N) is 1. The number of benzene rings is 2. The van der Waals surface area contributed by atoms with Gasteiger partial charge >= 0.3 is 0 Å². The topological polar surface area (TPSA) is 61.7 Å². The molecule has 0 aromatic heterocycles. The van der Waals surface area contributed by atoms with Crippen molar-refractivity contribution in [3.05, 3.63) is 65.2 Å². The van der Waals surface area contributed by atoms with Gasteiger partial charge in [0.15, 0.2) is 0 Å². The summed E-state index contributed by atoms with van der Waals surface area (Å²) in [4.78, 5) is 11.8. The lowest BCUT2D eigenvalue weighted by atomic mass is 10.1. The van der Waals surface area contributed by atoms with Crippen molar-refractivity contribution in [2.75, 3.05) is 0 Å². The summed E-state index contributed by atoms with van der Waals surface area (Å²) in [5.74, 6) is -0.0415. The Morgan fingerprint density at radius 3 is 2.48 bits per heavy atom. The second-order valence-corrected chi connectivity index (χ2v) is 4.91. The lowest BCUT2D eigenvalue weighted by Crippen LogP contribution is -2.21. The number of nitrogens with zero attached hydrogens (tertiary/aromatic N) is 1. The Labute approximate surface area is 124 Å². The number of phenolic OH excluding ortho intramolecular Hbond substituents is 1. The highest BCUT2D eigenvalue weighted by Gasteiger charge is 2.05. The van der Waals surface area contributed by atoms with E-state index >= 15 is 0 Å². The summed E-state index contributed by atoms with van der Waals surface area (Å²) in [5.41, 5.74) is 5.77. The number of hydrogen-bond acceptors (Lipinski definition) is 3. The molecule has 0 bridgehead atoms. The maximum absolute atomic E-state index is 11.8. The molecule has 0 aliphatic carbocycles. The first kappa shape index (κ1) is 14.8. The van der Waals surface area contributed by atoms with Crippen LogP contribution < -0.4 is 5.43 Å². The van der Waals surface area contributed by atoms with Gasteiger partial charge in [0.25, 0.3) is 0 Å². The van der Waals surface area contributed by atoms with Gasteiger partial charge in [-0.15, -0.1) is 0 Å². The molecule has 4 nitrogen and oxygen atoms in total. The number of carbonyl (C=O) groups excluding carboxylic acids is 1. The molecule has 2 aromatic carbocycles. The van der Waals surface area contributed by atoms with Crippen LogP contribution in [0.3, 0.4) is 0 Å². The fourth-order valence-electron chi connectivity index (χ4n) is 1.92. The third-order valence-electron chi connectivity index (χ3n) is 3.13. The third kappa shape index (κ3) is 4.18. The Bertz CT molecular complexity index is 661. The maximum Gasteiger partial charge on any atom is 0.244 e. The average Bonchev–Trinajstić information content (AvgIpc) is 2.48. The van der Waals surface area contributed by atoms with Gasteiger partial charge in [0, 0.05) is 5.56 Å². The molecule has 21 heavy (non-hydrogen) atoms. The predicted octanol–water partition coefficient (Wildman–Crippen LogP) is 2.78. The van der Waals surface area contributed by atoms with E-state index in [1.165, 1.54) is 0 Å². The van der Waals surface area contributed by atoms with Crippen LogP contribution in [-0.2, 0) is 11.2 Å². The smallest absolute Gasteiger partial charge is 0.244 e. The van der Waals surface area contributed by atoms with Crippen molar-refractivity contribution in [3.8, 4) is 5.75 Å². The number of amides is 1. The standard InChI is InChI=1S/C17H18N2O2/c1-12-7-9-14(10-8-12)11-17(21)19-18-13(2)15-5-3-4-6-16(15)20/h3-10,20H,11H2,1-2H3,(H,19,21). The molecule has 0 atom stereocenters. The van der Waals surface area contributed by atoms with E-state index in [4.69, 9.17) is 0 Å². The summed E-state index contributed by atoms with van der Waals surface area (Å²) in [6, 6.07) is 14.7. The first-order valence-corrected chi connectivity index (χ1v) is 6.73. The highest BCUT2D eigenvalue weighted by Crippen LogP contribution is 2.16. The van der Waals surface area contributed by atoms with Crippen molar-refractivity contribution in [1.82, 2.24) is 5.43 Å². The number of hydrazone groups is 1. The second-order valence-electron chi connectivity index (χ2n) is 4.91. The molecule has 108 valence electrons. The zero-order valence-corrected chi connectivity index (χ0v) is 12.1. The molecule has 0 spiro atoms. The SMILES string of the molecule is CC(=NNC(=O)Cc1ccc(C)cc1)c1ccccc1O. The number of phenols is 1. The van der Waals surface area contributed by atoms with Crippen molar-refractivity contribution in [3.63, 3.8) is 0 Å². The summed E-state index contributed by atoms with van der Waals surface area (Å²) in [6.07, 6.45) is 0.276. The van der Waals surface area contributed by atoms with E-state index in [1.54, 1.807) is 25.1 Å². The first-order chi connectivity index (χ1) is 10.1. The molecular formula is C17H18N2O2. The van der Waals surface area contributed by atoms with Gasteiger partial charge in [0.05, 0.1) is 12.1 Å². The monoisotopic (exact) mass is 282 g/mol. The molecule has 0 aliphatic rings. The Morgan fingerprint density at radius 1 is 1.14 bits per heavy atom. The van der Waals surface area contributed by atoms with Gasteiger partial charge < -0.3 is 5.11 Å². The Kier molecular flexibility index (Phi) is 4.72. The fraction of sp³-hybridized carbons (Fsp3) is 0.176. The normalized spacial score (nSPS) is 11.2. The van der Waals surface area contributed by atoms with Crippen LogP contribution in [0.15, 0.2) is 53.6 Å². The minimum Gasteiger partial charge on any atom is -0.507 e. The third-order valence-corrected chi connectivity index (χ3v) is 3.13. The lowest BCUT2D eigenvalue weighted by molar-refractivity contribution is -0.120. The second kappa shape index (κ2) is 6.70. The molecule has 2 N–H and O–H groups in total. The Balaban J connectivity index is 1.98. The van der Waals surface area contributed by atoms with Gasteiger partial charge in [-0.1, -0.05) is 42.0 Å². The predicted molar refractivity (Wildman–Crippen MR) is 83.3 cm³/mol. The van der Waals surface area contributed by atoms with Crippen LogP contribution in [0.2, 0.25) is 0 Å². The van der Waals surface area contributed by atoms with Gasteiger partial charge in [0.2, 0.25) is 5.91 Å². The van der Waals surface area contributed by atoms with Gasteiger partial charge in [-0.3, -0.25) is 4.79 Å². The molecule has 0 aliphatic heterocycles. The molecule has 2 rings (SSSR count). The van der Waals surface area contributed by atoms with Crippen molar-refractivity contribution >= 4 is 11.6 Å².